The Morgan fingerprint density at radius 3 is 2.31 bits per heavy atom. The number of halogens is 1. The van der Waals surface area contributed by atoms with Crippen LogP contribution in [0.1, 0.15) is 25.2 Å². The highest BCUT2D eigenvalue weighted by Crippen LogP contribution is 1.99. The second kappa shape index (κ2) is 5.89. The van der Waals surface area contributed by atoms with Crippen LogP contribution < -0.4 is 5.73 Å². The Labute approximate surface area is 85.2 Å². The average Bonchev–Trinajstić information content (AvgIpc) is 2.05. The first-order chi connectivity index (χ1) is 5.72. The van der Waals surface area contributed by atoms with Crippen LogP contribution in [0.5, 0.6) is 0 Å². The van der Waals surface area contributed by atoms with Crippen molar-refractivity contribution in [1.29, 1.82) is 0 Å². The summed E-state index contributed by atoms with van der Waals surface area (Å²) in [6, 6.07) is 0.182. The van der Waals surface area contributed by atoms with Gasteiger partial charge in [0.25, 0.3) is 0 Å². The molecule has 1 heterocycles. The molecule has 2 N–H and O–H groups in total. The Balaban J connectivity index is 0.00000144. The smallest absolute Gasteiger partial charge is 0.127 e. The molecule has 1 atom stereocenters. The first-order valence-electron chi connectivity index (χ1n) is 4.27. The molecule has 0 saturated heterocycles. The van der Waals surface area contributed by atoms with Crippen molar-refractivity contribution in [2.75, 3.05) is 0 Å². The van der Waals surface area contributed by atoms with E-state index < -0.39 is 0 Å². The van der Waals surface area contributed by atoms with Gasteiger partial charge >= 0.3 is 0 Å². The number of nitrogens with zero attached hydrogens (tertiary/aromatic N) is 2. The van der Waals surface area contributed by atoms with Crippen LogP contribution in [0.3, 0.4) is 0 Å². The number of hydrogen-bond acceptors (Lipinski definition) is 3. The van der Waals surface area contributed by atoms with Crippen molar-refractivity contribution in [1.82, 2.24) is 9.97 Å². The number of aromatic nitrogens is 2. The molecule has 74 valence electrons. The summed E-state index contributed by atoms with van der Waals surface area (Å²) < 4.78 is 0. The Hall–Kier alpha value is -0.670. The van der Waals surface area contributed by atoms with Gasteiger partial charge in [0.05, 0.1) is 0 Å². The Morgan fingerprint density at radius 2 is 1.92 bits per heavy atom. The van der Waals surface area contributed by atoms with Gasteiger partial charge in [-0.2, -0.15) is 0 Å². The summed E-state index contributed by atoms with van der Waals surface area (Å²) in [5.41, 5.74) is 6.75. The first-order valence-corrected chi connectivity index (χ1v) is 4.27. The largest absolute Gasteiger partial charge is 0.328 e. The molecular formula is C9H16ClN3. The number of aryl methyl sites for hydroxylation is 1. The highest BCUT2D eigenvalue weighted by atomic mass is 35.5. The molecule has 1 aromatic rings. The van der Waals surface area contributed by atoms with Gasteiger partial charge in [0.2, 0.25) is 0 Å². The van der Waals surface area contributed by atoms with E-state index in [1.165, 1.54) is 0 Å². The maximum absolute atomic E-state index is 5.64. The summed E-state index contributed by atoms with van der Waals surface area (Å²) in [4.78, 5) is 8.37. The third kappa shape index (κ3) is 4.20. The van der Waals surface area contributed by atoms with Crippen LogP contribution in [-0.4, -0.2) is 16.0 Å². The van der Waals surface area contributed by atoms with Crippen LogP contribution in [0.2, 0.25) is 0 Å². The molecule has 0 aliphatic rings. The van der Waals surface area contributed by atoms with E-state index in [1.807, 2.05) is 26.2 Å². The first kappa shape index (κ1) is 12.3. The van der Waals surface area contributed by atoms with E-state index in [0.717, 1.165) is 24.2 Å². The van der Waals surface area contributed by atoms with E-state index in [-0.39, 0.29) is 18.4 Å². The minimum Gasteiger partial charge on any atom is -0.328 e. The van der Waals surface area contributed by atoms with Gasteiger partial charge in [0.15, 0.2) is 0 Å². The molecule has 1 aromatic heterocycles. The van der Waals surface area contributed by atoms with Crippen molar-refractivity contribution in [3.63, 3.8) is 0 Å². The molecule has 3 nitrogen and oxygen atoms in total. The van der Waals surface area contributed by atoms with Crippen molar-refractivity contribution in [2.24, 2.45) is 5.73 Å². The molecule has 0 aliphatic carbocycles. The topological polar surface area (TPSA) is 51.8 Å². The van der Waals surface area contributed by atoms with Gasteiger partial charge in [-0.3, -0.25) is 0 Å². The van der Waals surface area contributed by atoms with Gasteiger partial charge in [0, 0.05) is 24.9 Å². The number of rotatable bonds is 3. The normalized spacial score (nSPS) is 11.9. The Morgan fingerprint density at radius 1 is 1.38 bits per heavy atom. The van der Waals surface area contributed by atoms with Crippen molar-refractivity contribution in [3.8, 4) is 0 Å². The average molecular weight is 202 g/mol. The lowest BCUT2D eigenvalue weighted by molar-refractivity contribution is 0.729. The lowest BCUT2D eigenvalue weighted by Gasteiger charge is -2.03. The van der Waals surface area contributed by atoms with Crippen LogP contribution in [0.4, 0.5) is 0 Å². The molecule has 4 heteroatoms. The summed E-state index contributed by atoms with van der Waals surface area (Å²) >= 11 is 0. The molecule has 0 fully saturated rings. The van der Waals surface area contributed by atoms with Crippen LogP contribution >= 0.6 is 12.4 Å². The molecule has 0 radical (unpaired) electrons. The van der Waals surface area contributed by atoms with Gasteiger partial charge < -0.3 is 5.73 Å². The SMILES string of the molecule is CCc1ncc(CC(C)N)cn1.Cl. The van der Waals surface area contributed by atoms with E-state index in [2.05, 4.69) is 9.97 Å². The van der Waals surface area contributed by atoms with Crippen LogP contribution in [0, 0.1) is 0 Å². The van der Waals surface area contributed by atoms with Crippen LogP contribution in [0.15, 0.2) is 12.4 Å². The zero-order valence-corrected chi connectivity index (χ0v) is 8.84. The lowest BCUT2D eigenvalue weighted by atomic mass is 10.1. The molecule has 1 rings (SSSR count). The van der Waals surface area contributed by atoms with Gasteiger partial charge in [-0.15, -0.1) is 12.4 Å². The minimum absolute atomic E-state index is 0. The zero-order valence-electron chi connectivity index (χ0n) is 8.03. The zero-order chi connectivity index (χ0) is 8.97. The number of nitrogens with two attached hydrogens (primary N) is 1. The maximum Gasteiger partial charge on any atom is 0.127 e. The second-order valence-corrected chi connectivity index (χ2v) is 3.04. The third-order valence-corrected chi connectivity index (χ3v) is 1.63. The fourth-order valence-electron chi connectivity index (χ4n) is 1.04. The van der Waals surface area contributed by atoms with Gasteiger partial charge in [0.1, 0.15) is 5.82 Å². The minimum atomic E-state index is 0. The second-order valence-electron chi connectivity index (χ2n) is 3.04. The van der Waals surface area contributed by atoms with E-state index in [1.54, 1.807) is 0 Å². The number of hydrogen-bond donors (Lipinski definition) is 1. The van der Waals surface area contributed by atoms with E-state index >= 15 is 0 Å². The fourth-order valence-corrected chi connectivity index (χ4v) is 1.04. The van der Waals surface area contributed by atoms with Gasteiger partial charge in [-0.25, -0.2) is 9.97 Å². The highest BCUT2D eigenvalue weighted by Gasteiger charge is 1.98. The van der Waals surface area contributed by atoms with Crippen LogP contribution in [-0.2, 0) is 12.8 Å². The molecule has 0 aromatic carbocycles. The van der Waals surface area contributed by atoms with E-state index in [0.29, 0.717) is 0 Å². The quantitative estimate of drug-likeness (QED) is 0.804. The van der Waals surface area contributed by atoms with Crippen molar-refractivity contribution in [2.45, 2.75) is 32.7 Å². The van der Waals surface area contributed by atoms with Crippen molar-refractivity contribution in [3.05, 3.63) is 23.8 Å². The van der Waals surface area contributed by atoms with Crippen molar-refractivity contribution >= 4 is 12.4 Å². The van der Waals surface area contributed by atoms with Gasteiger partial charge in [-0.1, -0.05) is 6.92 Å². The molecule has 0 amide bonds. The highest BCUT2D eigenvalue weighted by molar-refractivity contribution is 5.85. The maximum atomic E-state index is 5.64. The predicted octanol–water partition coefficient (Wildman–Crippen LogP) is 1.35. The summed E-state index contributed by atoms with van der Waals surface area (Å²) in [7, 11) is 0. The predicted molar refractivity (Wildman–Crippen MR) is 56.0 cm³/mol. The summed E-state index contributed by atoms with van der Waals surface area (Å²) in [5.74, 6) is 0.892. The molecular weight excluding hydrogens is 186 g/mol. The van der Waals surface area contributed by atoms with E-state index in [9.17, 15) is 0 Å². The standard InChI is InChI=1S/C9H15N3.ClH/c1-3-9-11-5-8(6-12-9)4-7(2)10;/h5-7H,3-4,10H2,1-2H3;1H. The molecule has 0 saturated carbocycles. The lowest BCUT2D eigenvalue weighted by Crippen LogP contribution is -2.18. The van der Waals surface area contributed by atoms with E-state index in [4.69, 9.17) is 5.73 Å². The Kier molecular flexibility index (Phi) is 5.58. The van der Waals surface area contributed by atoms with Crippen LogP contribution in [0.25, 0.3) is 0 Å². The molecule has 1 unspecified atom stereocenters. The van der Waals surface area contributed by atoms with Crippen molar-refractivity contribution < 1.29 is 0 Å². The summed E-state index contributed by atoms with van der Waals surface area (Å²) in [6.45, 7) is 4.02. The Bertz CT molecular complexity index is 233. The molecule has 13 heavy (non-hydrogen) atoms. The third-order valence-electron chi connectivity index (χ3n) is 1.63. The summed E-state index contributed by atoms with van der Waals surface area (Å²) in [5, 5.41) is 0. The monoisotopic (exact) mass is 201 g/mol. The molecule has 0 spiro atoms. The molecule has 0 bridgehead atoms. The fraction of sp³-hybridized carbons (Fsp3) is 0.556. The van der Waals surface area contributed by atoms with Gasteiger partial charge in [-0.05, 0) is 18.9 Å². The summed E-state index contributed by atoms with van der Waals surface area (Å²) in [6.07, 6.45) is 5.45. The molecule has 0 aliphatic heterocycles.